The van der Waals surface area contributed by atoms with E-state index in [4.69, 9.17) is 9.47 Å². The van der Waals surface area contributed by atoms with E-state index in [-0.39, 0.29) is 17.1 Å². The van der Waals surface area contributed by atoms with Crippen molar-refractivity contribution in [1.29, 1.82) is 0 Å². The molecule has 9 nitrogen and oxygen atoms in total. The third-order valence-electron chi connectivity index (χ3n) is 2.81. The molecule has 0 saturated heterocycles. The van der Waals surface area contributed by atoms with E-state index in [0.29, 0.717) is 26.2 Å². The van der Waals surface area contributed by atoms with E-state index >= 15 is 0 Å². The summed E-state index contributed by atoms with van der Waals surface area (Å²) in [5.74, 6) is -1.59. The quantitative estimate of drug-likeness (QED) is 0.319. The fourth-order valence-electron chi connectivity index (χ4n) is 1.68. The van der Waals surface area contributed by atoms with Crippen LogP contribution in [-0.2, 0) is 14.3 Å². The van der Waals surface area contributed by atoms with E-state index in [1.54, 1.807) is 0 Å². The Morgan fingerprint density at radius 2 is 2.04 bits per heavy atom. The molecule has 0 fully saturated rings. The van der Waals surface area contributed by atoms with Crippen molar-refractivity contribution >= 4 is 23.2 Å². The minimum atomic E-state index is -0.881. The molecule has 1 aromatic rings. The number of anilines is 1. The molecule has 0 atom stereocenters. The predicted octanol–water partition coefficient (Wildman–Crippen LogP) is 1.08. The summed E-state index contributed by atoms with van der Waals surface area (Å²) in [6, 6.07) is 3.67. The van der Waals surface area contributed by atoms with Crippen molar-refractivity contribution in [3.63, 3.8) is 0 Å². The van der Waals surface area contributed by atoms with Crippen LogP contribution in [0.5, 0.6) is 5.75 Å². The van der Waals surface area contributed by atoms with Gasteiger partial charge in [0.05, 0.1) is 23.8 Å². The van der Waals surface area contributed by atoms with Crippen molar-refractivity contribution in [2.75, 3.05) is 32.2 Å². The zero-order valence-electron chi connectivity index (χ0n) is 13.0. The van der Waals surface area contributed by atoms with Crippen LogP contribution in [0, 0.1) is 10.1 Å². The number of ether oxygens (including phenoxy) is 2. The second kappa shape index (κ2) is 9.36. The highest BCUT2D eigenvalue weighted by Crippen LogP contribution is 2.28. The molecule has 0 heterocycles. The molecule has 2 amide bonds. The first-order chi connectivity index (χ1) is 11.0. The molecule has 2 N–H and O–H groups in total. The highest BCUT2D eigenvalue weighted by atomic mass is 16.6. The predicted molar refractivity (Wildman–Crippen MR) is 82.4 cm³/mol. The fourth-order valence-corrected chi connectivity index (χ4v) is 1.68. The summed E-state index contributed by atoms with van der Waals surface area (Å²) < 4.78 is 10.1. The molecule has 0 radical (unpaired) electrons. The van der Waals surface area contributed by atoms with Crippen LogP contribution in [0.1, 0.15) is 13.3 Å². The second-order valence-corrected chi connectivity index (χ2v) is 4.40. The molecule has 0 aliphatic rings. The number of rotatable bonds is 8. The molecule has 0 aliphatic heterocycles. The van der Waals surface area contributed by atoms with Gasteiger partial charge in [-0.3, -0.25) is 19.7 Å². The van der Waals surface area contributed by atoms with Gasteiger partial charge in [-0.1, -0.05) is 0 Å². The van der Waals surface area contributed by atoms with Crippen LogP contribution in [0.4, 0.5) is 11.4 Å². The van der Waals surface area contributed by atoms with Gasteiger partial charge in [0.15, 0.2) is 0 Å². The van der Waals surface area contributed by atoms with Crippen molar-refractivity contribution in [2.45, 2.75) is 13.3 Å². The van der Waals surface area contributed by atoms with Gasteiger partial charge in [0.25, 0.3) is 5.69 Å². The molecular formula is C14H19N3O6. The maximum Gasteiger partial charge on any atom is 0.313 e. The summed E-state index contributed by atoms with van der Waals surface area (Å²) in [5, 5.41) is 15.5. The molecule has 0 bridgehead atoms. The summed E-state index contributed by atoms with van der Waals surface area (Å²) in [4.78, 5) is 33.5. The van der Waals surface area contributed by atoms with E-state index in [1.165, 1.54) is 19.2 Å². The van der Waals surface area contributed by atoms with E-state index in [9.17, 15) is 19.7 Å². The Hall–Kier alpha value is -2.68. The Morgan fingerprint density at radius 1 is 1.30 bits per heavy atom. The van der Waals surface area contributed by atoms with Gasteiger partial charge in [0.2, 0.25) is 0 Å². The number of carbonyl (C=O) groups excluding carboxylic acids is 2. The summed E-state index contributed by atoms with van der Waals surface area (Å²) in [7, 11) is 1.31. The number of benzene rings is 1. The zero-order valence-corrected chi connectivity index (χ0v) is 13.0. The summed E-state index contributed by atoms with van der Waals surface area (Å²) in [5.41, 5.74) is -0.00668. The van der Waals surface area contributed by atoms with Crippen LogP contribution in [0.25, 0.3) is 0 Å². The Kier molecular flexibility index (Phi) is 7.48. The number of hydrogen-bond acceptors (Lipinski definition) is 6. The smallest absolute Gasteiger partial charge is 0.313 e. The van der Waals surface area contributed by atoms with E-state index in [0.717, 1.165) is 6.07 Å². The SMILES string of the molecule is CCOCCCNC(=O)C(=O)Nc1ccc([N+](=O)[O-])cc1OC. The van der Waals surface area contributed by atoms with Gasteiger partial charge in [-0.05, 0) is 19.4 Å². The van der Waals surface area contributed by atoms with Gasteiger partial charge in [-0.2, -0.15) is 0 Å². The van der Waals surface area contributed by atoms with Gasteiger partial charge in [-0.25, -0.2) is 0 Å². The first-order valence-corrected chi connectivity index (χ1v) is 6.99. The molecule has 1 rings (SSSR count). The topological polar surface area (TPSA) is 120 Å². The van der Waals surface area contributed by atoms with Crippen molar-refractivity contribution < 1.29 is 24.0 Å². The first kappa shape index (κ1) is 18.4. The maximum atomic E-state index is 11.8. The highest BCUT2D eigenvalue weighted by molar-refractivity contribution is 6.39. The lowest BCUT2D eigenvalue weighted by Gasteiger charge is -2.10. The monoisotopic (exact) mass is 325 g/mol. The Labute approximate surface area is 133 Å². The number of non-ortho nitro benzene ring substituents is 1. The molecule has 0 aromatic heterocycles. The second-order valence-electron chi connectivity index (χ2n) is 4.40. The molecular weight excluding hydrogens is 306 g/mol. The van der Waals surface area contributed by atoms with Crippen molar-refractivity contribution in [3.05, 3.63) is 28.3 Å². The lowest BCUT2D eigenvalue weighted by atomic mass is 10.2. The van der Waals surface area contributed by atoms with E-state index < -0.39 is 16.7 Å². The normalized spacial score (nSPS) is 10.0. The van der Waals surface area contributed by atoms with Gasteiger partial charge in [-0.15, -0.1) is 0 Å². The van der Waals surface area contributed by atoms with Gasteiger partial charge >= 0.3 is 11.8 Å². The summed E-state index contributed by atoms with van der Waals surface area (Å²) in [6.45, 7) is 3.26. The number of nitrogens with zero attached hydrogens (tertiary/aromatic N) is 1. The highest BCUT2D eigenvalue weighted by Gasteiger charge is 2.17. The molecule has 0 saturated carbocycles. The zero-order chi connectivity index (χ0) is 17.2. The van der Waals surface area contributed by atoms with Crippen LogP contribution in [0.15, 0.2) is 18.2 Å². The average molecular weight is 325 g/mol. The van der Waals surface area contributed by atoms with Crippen molar-refractivity contribution in [1.82, 2.24) is 5.32 Å². The molecule has 9 heteroatoms. The Balaban J connectivity index is 2.59. The number of amides is 2. The van der Waals surface area contributed by atoms with Crippen LogP contribution in [0.2, 0.25) is 0 Å². The molecule has 0 aliphatic carbocycles. The largest absolute Gasteiger partial charge is 0.494 e. The Morgan fingerprint density at radius 3 is 2.65 bits per heavy atom. The van der Waals surface area contributed by atoms with Gasteiger partial charge < -0.3 is 20.1 Å². The molecule has 23 heavy (non-hydrogen) atoms. The Bertz CT molecular complexity index is 576. The number of nitro groups is 1. The number of carbonyl (C=O) groups is 2. The number of hydrogen-bond donors (Lipinski definition) is 2. The van der Waals surface area contributed by atoms with Crippen LogP contribution in [0.3, 0.4) is 0 Å². The number of methoxy groups -OCH3 is 1. The molecule has 0 spiro atoms. The lowest BCUT2D eigenvalue weighted by Crippen LogP contribution is -2.36. The standard InChI is InChI=1S/C14H19N3O6/c1-3-23-8-4-7-15-13(18)14(19)16-11-6-5-10(17(20)21)9-12(11)22-2/h5-6,9H,3-4,7-8H2,1-2H3,(H,15,18)(H,16,19). The third-order valence-corrected chi connectivity index (χ3v) is 2.81. The van der Waals surface area contributed by atoms with E-state index in [1.807, 2.05) is 6.92 Å². The van der Waals surface area contributed by atoms with E-state index in [2.05, 4.69) is 10.6 Å². The fraction of sp³-hybridized carbons (Fsp3) is 0.429. The minimum Gasteiger partial charge on any atom is -0.494 e. The average Bonchev–Trinajstić information content (AvgIpc) is 2.54. The molecule has 1 aromatic carbocycles. The van der Waals surface area contributed by atoms with Gasteiger partial charge in [0.1, 0.15) is 5.75 Å². The van der Waals surface area contributed by atoms with Crippen molar-refractivity contribution in [3.8, 4) is 5.75 Å². The van der Waals surface area contributed by atoms with Crippen LogP contribution < -0.4 is 15.4 Å². The number of nitrogens with one attached hydrogen (secondary N) is 2. The first-order valence-electron chi connectivity index (χ1n) is 6.99. The third kappa shape index (κ3) is 5.91. The summed E-state index contributed by atoms with van der Waals surface area (Å²) >= 11 is 0. The minimum absolute atomic E-state index is 0.0942. The summed E-state index contributed by atoms with van der Waals surface area (Å²) in [6.07, 6.45) is 0.591. The lowest BCUT2D eigenvalue weighted by molar-refractivity contribution is -0.384. The van der Waals surface area contributed by atoms with Crippen LogP contribution >= 0.6 is 0 Å². The van der Waals surface area contributed by atoms with Gasteiger partial charge in [0, 0.05) is 25.8 Å². The number of nitro benzene ring substituents is 1. The maximum absolute atomic E-state index is 11.8. The molecule has 0 unspecified atom stereocenters. The van der Waals surface area contributed by atoms with Crippen molar-refractivity contribution in [2.24, 2.45) is 0 Å². The molecule has 126 valence electrons. The van der Waals surface area contributed by atoms with Crippen LogP contribution in [-0.4, -0.2) is 43.6 Å².